The molecule has 4 rings (SSSR count). The fourth-order valence-corrected chi connectivity index (χ4v) is 4.27. The van der Waals surface area contributed by atoms with Gasteiger partial charge in [-0.3, -0.25) is 9.59 Å². The number of carbonyl (C=O) groups is 2. The van der Waals surface area contributed by atoms with E-state index < -0.39 is 5.91 Å². The second-order valence-corrected chi connectivity index (χ2v) is 8.99. The topological polar surface area (TPSA) is 87.5 Å². The molecule has 1 aliphatic rings. The molecular formula is C23H25BrN4O3. The first-order chi connectivity index (χ1) is 14.9. The summed E-state index contributed by atoms with van der Waals surface area (Å²) in [5, 5.41) is 6.43. The highest BCUT2D eigenvalue weighted by Gasteiger charge is 2.29. The Morgan fingerprint density at radius 1 is 1.06 bits per heavy atom. The lowest BCUT2D eigenvalue weighted by Crippen LogP contribution is -2.35. The number of carbonyl (C=O) groups excluding carboxylic acids is 2. The highest BCUT2D eigenvalue weighted by atomic mass is 79.9. The van der Waals surface area contributed by atoms with E-state index in [4.69, 9.17) is 4.42 Å². The van der Waals surface area contributed by atoms with Crippen LogP contribution in [-0.2, 0) is 4.79 Å². The second-order valence-electron chi connectivity index (χ2n) is 8.08. The molecule has 2 amide bonds. The molecule has 0 unspecified atom stereocenters. The SMILES string of the molecule is CN(C)[C@H]1CC[C@H](C(=O)Nc2c(C(=O)Nc3ccc(Br)cn3)oc3ccccc23)CC1. The molecule has 2 heterocycles. The van der Waals surface area contributed by atoms with Crippen molar-refractivity contribution in [1.29, 1.82) is 0 Å². The molecule has 7 nitrogen and oxygen atoms in total. The van der Waals surface area contributed by atoms with Gasteiger partial charge < -0.3 is 20.0 Å². The van der Waals surface area contributed by atoms with Crippen LogP contribution in [0.25, 0.3) is 11.0 Å². The van der Waals surface area contributed by atoms with E-state index in [1.165, 1.54) is 0 Å². The Bertz CT molecular complexity index is 1090. The maximum absolute atomic E-state index is 13.0. The lowest BCUT2D eigenvalue weighted by molar-refractivity contribution is -0.121. The fraction of sp³-hybridized carbons (Fsp3) is 0.348. The predicted molar refractivity (Wildman–Crippen MR) is 124 cm³/mol. The molecule has 2 N–H and O–H groups in total. The van der Waals surface area contributed by atoms with Crippen molar-refractivity contribution in [1.82, 2.24) is 9.88 Å². The van der Waals surface area contributed by atoms with Crippen LogP contribution in [0.4, 0.5) is 11.5 Å². The van der Waals surface area contributed by atoms with E-state index in [2.05, 4.69) is 50.5 Å². The van der Waals surface area contributed by atoms with Crippen LogP contribution in [0.3, 0.4) is 0 Å². The Labute approximate surface area is 189 Å². The van der Waals surface area contributed by atoms with E-state index in [0.29, 0.717) is 28.5 Å². The van der Waals surface area contributed by atoms with Crippen LogP contribution < -0.4 is 10.6 Å². The Hall–Kier alpha value is -2.71. The van der Waals surface area contributed by atoms with Crippen molar-refractivity contribution < 1.29 is 14.0 Å². The summed E-state index contributed by atoms with van der Waals surface area (Å²) < 4.78 is 6.63. The van der Waals surface area contributed by atoms with Crippen LogP contribution in [0.15, 0.2) is 51.5 Å². The number of anilines is 2. The molecule has 2 aromatic heterocycles. The molecule has 3 aromatic rings. The molecule has 0 radical (unpaired) electrons. The minimum atomic E-state index is -0.461. The molecule has 0 spiro atoms. The monoisotopic (exact) mass is 484 g/mol. The third-order valence-corrected chi connectivity index (χ3v) is 6.29. The van der Waals surface area contributed by atoms with E-state index in [0.717, 1.165) is 30.2 Å². The van der Waals surface area contributed by atoms with E-state index in [9.17, 15) is 9.59 Å². The highest BCUT2D eigenvalue weighted by molar-refractivity contribution is 9.10. The van der Waals surface area contributed by atoms with Crippen molar-refractivity contribution in [2.24, 2.45) is 5.92 Å². The third-order valence-electron chi connectivity index (χ3n) is 5.82. The van der Waals surface area contributed by atoms with Crippen molar-refractivity contribution in [3.8, 4) is 0 Å². The highest BCUT2D eigenvalue weighted by Crippen LogP contribution is 2.33. The van der Waals surface area contributed by atoms with Gasteiger partial charge in [-0.1, -0.05) is 12.1 Å². The molecule has 0 saturated heterocycles. The molecule has 8 heteroatoms. The number of halogens is 1. The van der Waals surface area contributed by atoms with Crippen LogP contribution in [0.5, 0.6) is 0 Å². The zero-order valence-corrected chi connectivity index (χ0v) is 19.1. The van der Waals surface area contributed by atoms with Crippen LogP contribution in [0.1, 0.15) is 36.2 Å². The zero-order chi connectivity index (χ0) is 22.0. The number of benzene rings is 1. The number of fused-ring (bicyclic) bond motifs is 1. The van der Waals surface area contributed by atoms with Gasteiger partial charge in [-0.05, 0) is 80.0 Å². The van der Waals surface area contributed by atoms with E-state index in [1.807, 2.05) is 18.2 Å². The zero-order valence-electron chi connectivity index (χ0n) is 17.5. The Morgan fingerprint density at radius 2 is 1.81 bits per heavy atom. The number of para-hydroxylation sites is 1. The van der Waals surface area contributed by atoms with E-state index >= 15 is 0 Å². The number of nitrogens with one attached hydrogen (secondary N) is 2. The average Bonchev–Trinajstić information content (AvgIpc) is 3.14. The quantitative estimate of drug-likeness (QED) is 0.537. The summed E-state index contributed by atoms with van der Waals surface area (Å²) >= 11 is 3.32. The first-order valence-corrected chi connectivity index (χ1v) is 11.1. The number of aromatic nitrogens is 1. The molecule has 31 heavy (non-hydrogen) atoms. The molecule has 0 aliphatic heterocycles. The average molecular weight is 485 g/mol. The molecule has 1 saturated carbocycles. The summed E-state index contributed by atoms with van der Waals surface area (Å²) in [6.07, 6.45) is 5.23. The maximum Gasteiger partial charge on any atom is 0.294 e. The van der Waals surface area contributed by atoms with E-state index in [1.54, 1.807) is 24.4 Å². The molecule has 1 aromatic carbocycles. The number of nitrogens with zero attached hydrogens (tertiary/aromatic N) is 2. The van der Waals surface area contributed by atoms with Crippen molar-refractivity contribution in [3.63, 3.8) is 0 Å². The Kier molecular flexibility index (Phi) is 6.38. The maximum atomic E-state index is 13.0. The minimum absolute atomic E-state index is 0.0698. The van der Waals surface area contributed by atoms with Crippen molar-refractivity contribution in [3.05, 3.63) is 52.8 Å². The first kappa shape index (κ1) is 21.5. The molecule has 1 aliphatic carbocycles. The van der Waals surface area contributed by atoms with Crippen LogP contribution >= 0.6 is 15.9 Å². The van der Waals surface area contributed by atoms with Gasteiger partial charge in [-0.2, -0.15) is 0 Å². The van der Waals surface area contributed by atoms with Crippen LogP contribution in [0.2, 0.25) is 0 Å². The van der Waals surface area contributed by atoms with Gasteiger partial charge in [0.2, 0.25) is 11.7 Å². The van der Waals surface area contributed by atoms with Gasteiger partial charge in [0.1, 0.15) is 17.1 Å². The predicted octanol–water partition coefficient (Wildman–Crippen LogP) is 4.90. The third kappa shape index (κ3) is 4.80. The summed E-state index contributed by atoms with van der Waals surface area (Å²) in [6.45, 7) is 0. The summed E-state index contributed by atoms with van der Waals surface area (Å²) in [5.74, 6) is -0.139. The Balaban J connectivity index is 1.56. The normalized spacial score (nSPS) is 18.8. The van der Waals surface area contributed by atoms with Crippen LogP contribution in [-0.4, -0.2) is 41.8 Å². The molecule has 1 fully saturated rings. The largest absolute Gasteiger partial charge is 0.449 e. The summed E-state index contributed by atoms with van der Waals surface area (Å²) in [7, 11) is 4.15. The molecular weight excluding hydrogens is 460 g/mol. The standard InChI is InChI=1S/C23H25BrN4O3/c1-28(2)16-10-7-14(8-11-16)22(29)27-20-17-5-3-4-6-18(17)31-21(20)23(30)26-19-12-9-15(24)13-25-19/h3-6,9,12-14,16H,7-8,10-11H2,1-2H3,(H,27,29)(H,25,26,30)/t14-,16-. The number of amides is 2. The van der Waals surface area contributed by atoms with Crippen molar-refractivity contribution in [2.75, 3.05) is 24.7 Å². The summed E-state index contributed by atoms with van der Waals surface area (Å²) in [5.41, 5.74) is 0.952. The molecule has 0 bridgehead atoms. The van der Waals surface area contributed by atoms with Crippen molar-refractivity contribution in [2.45, 2.75) is 31.7 Å². The van der Waals surface area contributed by atoms with Crippen LogP contribution in [0, 0.1) is 5.92 Å². The van der Waals surface area contributed by atoms with Gasteiger partial charge >= 0.3 is 0 Å². The van der Waals surface area contributed by atoms with Gasteiger partial charge in [0.05, 0.1) is 0 Å². The van der Waals surface area contributed by atoms with Gasteiger partial charge in [-0.15, -0.1) is 0 Å². The molecule has 162 valence electrons. The minimum Gasteiger partial charge on any atom is -0.449 e. The van der Waals surface area contributed by atoms with Gasteiger partial charge in [0, 0.05) is 28.0 Å². The smallest absolute Gasteiger partial charge is 0.294 e. The second kappa shape index (κ2) is 9.20. The summed E-state index contributed by atoms with van der Waals surface area (Å²) in [4.78, 5) is 32.4. The number of furan rings is 1. The van der Waals surface area contributed by atoms with E-state index in [-0.39, 0.29) is 17.6 Å². The Morgan fingerprint density at radius 3 is 2.48 bits per heavy atom. The van der Waals surface area contributed by atoms with Gasteiger partial charge in [0.15, 0.2) is 0 Å². The lowest BCUT2D eigenvalue weighted by atomic mass is 9.85. The lowest BCUT2D eigenvalue weighted by Gasteiger charge is -2.31. The van der Waals surface area contributed by atoms with Crippen molar-refractivity contribution >= 4 is 50.2 Å². The number of rotatable bonds is 5. The summed E-state index contributed by atoms with van der Waals surface area (Å²) in [6, 6.07) is 11.3. The number of hydrogen-bond donors (Lipinski definition) is 2. The van der Waals surface area contributed by atoms with Gasteiger partial charge in [0.25, 0.3) is 5.91 Å². The fourth-order valence-electron chi connectivity index (χ4n) is 4.03. The number of pyridine rings is 1. The molecule has 0 atom stereocenters. The number of hydrogen-bond acceptors (Lipinski definition) is 5. The first-order valence-electron chi connectivity index (χ1n) is 10.3. The van der Waals surface area contributed by atoms with Gasteiger partial charge in [-0.25, -0.2) is 4.98 Å².